The van der Waals surface area contributed by atoms with Crippen molar-refractivity contribution in [3.8, 4) is 0 Å². The SMILES string of the molecule is CC(=O)Nc1cc(NC(C)=O)cc(C(=O)Nc2ccc3nc(CN4CCOCC4)[nH]c3c2)c1. The van der Waals surface area contributed by atoms with Gasteiger partial charge < -0.3 is 25.7 Å². The van der Waals surface area contributed by atoms with Crippen LogP contribution in [0.3, 0.4) is 0 Å². The van der Waals surface area contributed by atoms with Crippen molar-refractivity contribution in [2.45, 2.75) is 20.4 Å². The molecule has 172 valence electrons. The third-order valence-corrected chi connectivity index (χ3v) is 5.10. The Balaban J connectivity index is 1.51. The number of aromatic amines is 1. The van der Waals surface area contributed by atoms with Gasteiger partial charge in [-0.3, -0.25) is 19.3 Å². The molecule has 0 spiro atoms. The van der Waals surface area contributed by atoms with Crippen molar-refractivity contribution in [1.82, 2.24) is 14.9 Å². The van der Waals surface area contributed by atoms with Crippen LogP contribution in [0.15, 0.2) is 36.4 Å². The molecule has 2 aromatic carbocycles. The molecule has 4 rings (SSSR count). The number of aromatic nitrogens is 2. The van der Waals surface area contributed by atoms with Crippen LogP contribution in [0.4, 0.5) is 17.1 Å². The number of ether oxygens (including phenoxy) is 1. The van der Waals surface area contributed by atoms with Crippen molar-refractivity contribution in [1.29, 1.82) is 0 Å². The van der Waals surface area contributed by atoms with Crippen molar-refractivity contribution in [3.05, 3.63) is 47.8 Å². The lowest BCUT2D eigenvalue weighted by molar-refractivity contribution is -0.115. The van der Waals surface area contributed by atoms with Gasteiger partial charge in [0, 0.05) is 49.6 Å². The second kappa shape index (κ2) is 9.80. The van der Waals surface area contributed by atoms with Crippen molar-refractivity contribution >= 4 is 45.8 Å². The highest BCUT2D eigenvalue weighted by Gasteiger charge is 2.14. The molecule has 10 heteroatoms. The molecule has 1 aliphatic rings. The van der Waals surface area contributed by atoms with E-state index in [0.29, 0.717) is 29.2 Å². The number of morpholine rings is 1. The van der Waals surface area contributed by atoms with Crippen LogP contribution in [0.1, 0.15) is 30.0 Å². The maximum Gasteiger partial charge on any atom is 0.255 e. The summed E-state index contributed by atoms with van der Waals surface area (Å²) in [6, 6.07) is 10.2. The molecule has 1 fully saturated rings. The lowest BCUT2D eigenvalue weighted by Crippen LogP contribution is -2.35. The fraction of sp³-hybridized carbons (Fsp3) is 0.304. The molecule has 0 saturated carbocycles. The number of hydrogen-bond donors (Lipinski definition) is 4. The lowest BCUT2D eigenvalue weighted by atomic mass is 10.1. The normalized spacial score (nSPS) is 14.1. The van der Waals surface area contributed by atoms with Crippen LogP contribution in [0.25, 0.3) is 11.0 Å². The van der Waals surface area contributed by atoms with Crippen molar-refractivity contribution < 1.29 is 19.1 Å². The zero-order valence-electron chi connectivity index (χ0n) is 18.5. The highest BCUT2D eigenvalue weighted by Crippen LogP contribution is 2.22. The van der Waals surface area contributed by atoms with E-state index in [9.17, 15) is 14.4 Å². The van der Waals surface area contributed by atoms with E-state index in [1.165, 1.54) is 13.8 Å². The number of nitrogens with zero attached hydrogens (tertiary/aromatic N) is 2. The summed E-state index contributed by atoms with van der Waals surface area (Å²) in [6.45, 7) is 6.65. The molecule has 1 aromatic heterocycles. The van der Waals surface area contributed by atoms with Gasteiger partial charge in [0.1, 0.15) is 5.82 Å². The third-order valence-electron chi connectivity index (χ3n) is 5.10. The number of benzene rings is 2. The number of imidazole rings is 1. The minimum Gasteiger partial charge on any atom is -0.379 e. The summed E-state index contributed by atoms with van der Waals surface area (Å²) in [4.78, 5) is 46.0. The Bertz CT molecular complexity index is 1160. The Morgan fingerprint density at radius 1 is 0.939 bits per heavy atom. The number of rotatable bonds is 6. The maximum atomic E-state index is 12.9. The molecule has 0 radical (unpaired) electrons. The molecule has 4 N–H and O–H groups in total. The first-order chi connectivity index (χ1) is 15.9. The largest absolute Gasteiger partial charge is 0.379 e. The molecule has 1 aliphatic heterocycles. The molecule has 0 unspecified atom stereocenters. The number of anilines is 3. The Morgan fingerprint density at radius 2 is 1.61 bits per heavy atom. The standard InChI is InChI=1S/C23H26N6O4/c1-14(30)24-18-9-16(10-19(11-18)25-15(2)31)23(32)26-17-3-4-20-21(12-17)28-22(27-20)13-29-5-7-33-8-6-29/h3-4,9-12H,5-8,13H2,1-2H3,(H,24,30)(H,25,31)(H,26,32)(H,27,28). The molecule has 33 heavy (non-hydrogen) atoms. The van der Waals surface area contributed by atoms with Gasteiger partial charge in [0.15, 0.2) is 0 Å². The summed E-state index contributed by atoms with van der Waals surface area (Å²) in [5.41, 5.74) is 3.35. The highest BCUT2D eigenvalue weighted by molar-refractivity contribution is 6.07. The molecule has 0 bridgehead atoms. The number of fused-ring (bicyclic) bond motifs is 1. The summed E-state index contributed by atoms with van der Waals surface area (Å²) in [7, 11) is 0. The predicted octanol–water partition coefficient (Wildman–Crippen LogP) is 2.56. The van der Waals surface area contributed by atoms with Crippen molar-refractivity contribution in [3.63, 3.8) is 0 Å². The smallest absolute Gasteiger partial charge is 0.255 e. The van der Waals surface area contributed by atoms with E-state index in [1.54, 1.807) is 24.3 Å². The van der Waals surface area contributed by atoms with Crippen LogP contribution in [0.2, 0.25) is 0 Å². The van der Waals surface area contributed by atoms with Gasteiger partial charge in [-0.15, -0.1) is 0 Å². The lowest BCUT2D eigenvalue weighted by Gasteiger charge is -2.25. The zero-order valence-corrected chi connectivity index (χ0v) is 18.5. The van der Waals surface area contributed by atoms with Gasteiger partial charge in [0.05, 0.1) is 30.8 Å². The van der Waals surface area contributed by atoms with E-state index in [2.05, 4.69) is 30.8 Å². The quantitative estimate of drug-likeness (QED) is 0.457. The molecule has 3 aromatic rings. The third kappa shape index (κ3) is 5.93. The molecule has 3 amide bonds. The Hall–Kier alpha value is -3.76. The molecular weight excluding hydrogens is 424 g/mol. The van der Waals surface area contributed by atoms with E-state index in [1.807, 2.05) is 12.1 Å². The van der Waals surface area contributed by atoms with Gasteiger partial charge >= 0.3 is 0 Å². The first-order valence-corrected chi connectivity index (χ1v) is 10.7. The minimum atomic E-state index is -0.374. The van der Waals surface area contributed by atoms with Gasteiger partial charge in [-0.2, -0.15) is 0 Å². The fourth-order valence-corrected chi connectivity index (χ4v) is 3.70. The van der Waals surface area contributed by atoms with Crippen molar-refractivity contribution in [2.24, 2.45) is 0 Å². The minimum absolute atomic E-state index is 0.279. The Morgan fingerprint density at radius 3 is 2.24 bits per heavy atom. The van der Waals surface area contributed by atoms with E-state index in [0.717, 1.165) is 43.2 Å². The van der Waals surface area contributed by atoms with Gasteiger partial charge in [-0.25, -0.2) is 4.98 Å². The van der Waals surface area contributed by atoms with Crippen LogP contribution >= 0.6 is 0 Å². The number of hydrogen-bond acceptors (Lipinski definition) is 6. The summed E-state index contributed by atoms with van der Waals surface area (Å²) in [6.07, 6.45) is 0. The van der Waals surface area contributed by atoms with Gasteiger partial charge in [0.2, 0.25) is 11.8 Å². The molecule has 10 nitrogen and oxygen atoms in total. The van der Waals surface area contributed by atoms with Crippen LogP contribution < -0.4 is 16.0 Å². The van der Waals surface area contributed by atoms with Crippen LogP contribution in [-0.4, -0.2) is 58.9 Å². The van der Waals surface area contributed by atoms with Crippen LogP contribution in [0.5, 0.6) is 0 Å². The monoisotopic (exact) mass is 450 g/mol. The number of carbonyl (C=O) groups excluding carboxylic acids is 3. The summed E-state index contributed by atoms with van der Waals surface area (Å²) in [5.74, 6) is -0.0719. The highest BCUT2D eigenvalue weighted by atomic mass is 16.5. The average molecular weight is 450 g/mol. The van der Waals surface area contributed by atoms with E-state index in [-0.39, 0.29) is 17.7 Å². The summed E-state index contributed by atoms with van der Waals surface area (Å²) in [5, 5.41) is 8.15. The van der Waals surface area contributed by atoms with E-state index < -0.39 is 0 Å². The van der Waals surface area contributed by atoms with Crippen LogP contribution in [-0.2, 0) is 20.9 Å². The van der Waals surface area contributed by atoms with Gasteiger partial charge in [-0.05, 0) is 36.4 Å². The topological polar surface area (TPSA) is 128 Å². The predicted molar refractivity (Wildman–Crippen MR) is 125 cm³/mol. The van der Waals surface area contributed by atoms with Crippen molar-refractivity contribution in [2.75, 3.05) is 42.3 Å². The Kier molecular flexibility index (Phi) is 6.66. The maximum absolute atomic E-state index is 12.9. The average Bonchev–Trinajstić information content (AvgIpc) is 3.14. The number of amides is 3. The van der Waals surface area contributed by atoms with Gasteiger partial charge in [-0.1, -0.05) is 0 Å². The molecule has 0 atom stereocenters. The zero-order chi connectivity index (χ0) is 23.4. The first-order valence-electron chi connectivity index (χ1n) is 10.7. The molecule has 1 saturated heterocycles. The number of H-pyrrole nitrogens is 1. The van der Waals surface area contributed by atoms with E-state index >= 15 is 0 Å². The second-order valence-corrected chi connectivity index (χ2v) is 7.92. The van der Waals surface area contributed by atoms with Crippen LogP contribution in [0, 0.1) is 0 Å². The summed E-state index contributed by atoms with van der Waals surface area (Å²) >= 11 is 0. The molecule has 2 heterocycles. The van der Waals surface area contributed by atoms with Gasteiger partial charge in [0.25, 0.3) is 5.91 Å². The number of nitrogens with one attached hydrogen (secondary N) is 4. The molecule has 0 aliphatic carbocycles. The summed E-state index contributed by atoms with van der Waals surface area (Å²) < 4.78 is 5.38. The fourth-order valence-electron chi connectivity index (χ4n) is 3.70. The molecular formula is C23H26N6O4. The Labute approximate surface area is 190 Å². The number of carbonyl (C=O) groups is 3. The first kappa shape index (κ1) is 22.4. The second-order valence-electron chi connectivity index (χ2n) is 7.92. The van der Waals surface area contributed by atoms with E-state index in [4.69, 9.17) is 4.74 Å².